The molecule has 0 radical (unpaired) electrons. The van der Waals surface area contributed by atoms with E-state index in [1.54, 1.807) is 12.4 Å². The molecular weight excluding hydrogens is 200 g/mol. The Labute approximate surface area is 97.1 Å². The van der Waals surface area contributed by atoms with Gasteiger partial charge in [-0.15, -0.1) is 0 Å². The lowest BCUT2D eigenvalue weighted by molar-refractivity contribution is -0.119. The van der Waals surface area contributed by atoms with E-state index in [2.05, 4.69) is 18.8 Å². The summed E-state index contributed by atoms with van der Waals surface area (Å²) < 4.78 is 0. The number of ketones is 1. The first kappa shape index (κ1) is 12.8. The van der Waals surface area contributed by atoms with Gasteiger partial charge in [-0.3, -0.25) is 9.78 Å². The van der Waals surface area contributed by atoms with Gasteiger partial charge >= 0.3 is 0 Å². The molecule has 0 amide bonds. The predicted octanol–water partition coefficient (Wildman–Crippen LogP) is 1.96. The van der Waals surface area contributed by atoms with Crippen LogP contribution in [0.25, 0.3) is 0 Å². The molecule has 0 saturated heterocycles. The van der Waals surface area contributed by atoms with E-state index in [1.165, 1.54) is 0 Å². The molecule has 16 heavy (non-hydrogen) atoms. The highest BCUT2D eigenvalue weighted by Gasteiger charge is 2.14. The molecular formula is C13H20N2O. The van der Waals surface area contributed by atoms with Crippen LogP contribution in [0.2, 0.25) is 0 Å². The molecule has 0 aliphatic heterocycles. The molecule has 0 aromatic carbocycles. The lowest BCUT2D eigenvalue weighted by atomic mass is 9.98. The van der Waals surface area contributed by atoms with Gasteiger partial charge in [0, 0.05) is 18.8 Å². The number of nitrogens with two attached hydrogens (primary N) is 1. The first-order valence-electron chi connectivity index (χ1n) is 5.76. The fourth-order valence-electron chi connectivity index (χ4n) is 1.51. The highest BCUT2D eigenvalue weighted by Crippen LogP contribution is 2.08. The van der Waals surface area contributed by atoms with Gasteiger partial charge in [-0.2, -0.15) is 0 Å². The van der Waals surface area contributed by atoms with E-state index in [0.717, 1.165) is 18.4 Å². The van der Waals surface area contributed by atoms with Gasteiger partial charge < -0.3 is 5.73 Å². The minimum Gasteiger partial charge on any atom is -0.321 e. The molecule has 1 aromatic heterocycles. The number of carbonyl (C=O) groups is 1. The van der Waals surface area contributed by atoms with Gasteiger partial charge in [0.1, 0.15) is 0 Å². The lowest BCUT2D eigenvalue weighted by Crippen LogP contribution is -2.32. The third kappa shape index (κ3) is 4.53. The van der Waals surface area contributed by atoms with Crippen LogP contribution < -0.4 is 5.73 Å². The number of Topliss-reactive ketones (excluding diaryl/α,β-unsaturated/α-hetero) is 1. The van der Waals surface area contributed by atoms with Gasteiger partial charge in [-0.25, -0.2) is 0 Å². The van der Waals surface area contributed by atoms with E-state index in [9.17, 15) is 4.79 Å². The Morgan fingerprint density at radius 3 is 2.50 bits per heavy atom. The Hall–Kier alpha value is -1.22. The molecule has 3 nitrogen and oxygen atoms in total. The van der Waals surface area contributed by atoms with Crippen LogP contribution in [-0.2, 0) is 11.2 Å². The van der Waals surface area contributed by atoms with E-state index in [0.29, 0.717) is 12.3 Å². The zero-order chi connectivity index (χ0) is 12.0. The molecule has 1 heterocycles. The first-order valence-corrected chi connectivity index (χ1v) is 5.76. The zero-order valence-corrected chi connectivity index (χ0v) is 10.0. The summed E-state index contributed by atoms with van der Waals surface area (Å²) in [7, 11) is 0. The number of hydrogen-bond donors (Lipinski definition) is 1. The Morgan fingerprint density at radius 1 is 1.31 bits per heavy atom. The van der Waals surface area contributed by atoms with Crippen LogP contribution in [-0.4, -0.2) is 16.8 Å². The van der Waals surface area contributed by atoms with Gasteiger partial charge in [0.15, 0.2) is 5.78 Å². The zero-order valence-electron chi connectivity index (χ0n) is 10.0. The summed E-state index contributed by atoms with van der Waals surface area (Å²) in [6.45, 7) is 4.28. The fourth-order valence-corrected chi connectivity index (χ4v) is 1.51. The summed E-state index contributed by atoms with van der Waals surface area (Å²) in [5, 5.41) is 0. The van der Waals surface area contributed by atoms with Crippen molar-refractivity contribution in [2.45, 2.75) is 39.2 Å². The molecule has 3 heteroatoms. The van der Waals surface area contributed by atoms with Crippen LogP contribution in [0.3, 0.4) is 0 Å². The SMILES string of the molecule is CC(C)CCC(N)C(=O)Cc1ccncc1. The van der Waals surface area contributed by atoms with Gasteiger partial charge in [-0.05, 0) is 36.5 Å². The maximum atomic E-state index is 11.8. The Morgan fingerprint density at radius 2 is 1.94 bits per heavy atom. The average molecular weight is 220 g/mol. The summed E-state index contributed by atoms with van der Waals surface area (Å²) in [5.74, 6) is 0.714. The highest BCUT2D eigenvalue weighted by molar-refractivity contribution is 5.85. The molecule has 0 spiro atoms. The lowest BCUT2D eigenvalue weighted by Gasteiger charge is -2.11. The van der Waals surface area contributed by atoms with Gasteiger partial charge in [0.25, 0.3) is 0 Å². The molecule has 2 N–H and O–H groups in total. The molecule has 1 atom stereocenters. The molecule has 0 aliphatic rings. The summed E-state index contributed by atoms with van der Waals surface area (Å²) in [4.78, 5) is 15.7. The van der Waals surface area contributed by atoms with Gasteiger partial charge in [0.05, 0.1) is 6.04 Å². The fraction of sp³-hybridized carbons (Fsp3) is 0.538. The minimum atomic E-state index is -0.324. The highest BCUT2D eigenvalue weighted by atomic mass is 16.1. The maximum Gasteiger partial charge on any atom is 0.153 e. The summed E-state index contributed by atoms with van der Waals surface area (Å²) in [6.07, 6.45) is 5.59. The molecule has 0 aliphatic carbocycles. The summed E-state index contributed by atoms with van der Waals surface area (Å²) in [5.41, 5.74) is 6.83. The van der Waals surface area contributed by atoms with Crippen molar-refractivity contribution in [1.82, 2.24) is 4.98 Å². The van der Waals surface area contributed by atoms with Gasteiger partial charge in [-0.1, -0.05) is 13.8 Å². The van der Waals surface area contributed by atoms with Crippen LogP contribution in [0, 0.1) is 5.92 Å². The van der Waals surface area contributed by atoms with E-state index < -0.39 is 0 Å². The van der Waals surface area contributed by atoms with Crippen molar-refractivity contribution < 1.29 is 4.79 Å². The number of nitrogens with zero attached hydrogens (tertiary/aromatic N) is 1. The van der Waals surface area contributed by atoms with Crippen molar-refractivity contribution in [1.29, 1.82) is 0 Å². The molecule has 1 aromatic rings. The Kier molecular flexibility index (Phi) is 5.12. The normalized spacial score (nSPS) is 12.8. The predicted molar refractivity (Wildman–Crippen MR) is 65.0 cm³/mol. The monoisotopic (exact) mass is 220 g/mol. The first-order chi connectivity index (χ1) is 7.59. The van der Waals surface area contributed by atoms with E-state index in [-0.39, 0.29) is 11.8 Å². The quantitative estimate of drug-likeness (QED) is 0.797. The van der Waals surface area contributed by atoms with E-state index >= 15 is 0 Å². The number of hydrogen-bond acceptors (Lipinski definition) is 3. The van der Waals surface area contributed by atoms with Gasteiger partial charge in [0.2, 0.25) is 0 Å². The van der Waals surface area contributed by atoms with Crippen molar-refractivity contribution in [2.75, 3.05) is 0 Å². The Balaban J connectivity index is 2.40. The molecule has 88 valence electrons. The molecule has 1 unspecified atom stereocenters. The molecule has 1 rings (SSSR count). The van der Waals surface area contributed by atoms with E-state index in [1.807, 2.05) is 12.1 Å². The van der Waals surface area contributed by atoms with Crippen molar-refractivity contribution >= 4 is 5.78 Å². The van der Waals surface area contributed by atoms with Crippen molar-refractivity contribution in [3.8, 4) is 0 Å². The van der Waals surface area contributed by atoms with Crippen molar-refractivity contribution in [2.24, 2.45) is 11.7 Å². The summed E-state index contributed by atoms with van der Waals surface area (Å²) in [6, 6.07) is 3.38. The molecule has 0 saturated carbocycles. The topological polar surface area (TPSA) is 56.0 Å². The third-order valence-electron chi connectivity index (χ3n) is 2.60. The number of pyridine rings is 1. The third-order valence-corrected chi connectivity index (χ3v) is 2.60. The average Bonchev–Trinajstić information content (AvgIpc) is 2.27. The standard InChI is InChI=1S/C13H20N2O/c1-10(2)3-4-12(14)13(16)9-11-5-7-15-8-6-11/h5-8,10,12H,3-4,9,14H2,1-2H3. The van der Waals surface area contributed by atoms with Crippen molar-refractivity contribution in [3.63, 3.8) is 0 Å². The molecule has 0 fully saturated rings. The number of carbonyl (C=O) groups excluding carboxylic acids is 1. The Bertz CT molecular complexity index is 322. The van der Waals surface area contributed by atoms with E-state index in [4.69, 9.17) is 5.73 Å². The maximum absolute atomic E-state index is 11.8. The smallest absolute Gasteiger partial charge is 0.153 e. The number of rotatable bonds is 6. The second-order valence-corrected chi connectivity index (χ2v) is 4.58. The van der Waals surface area contributed by atoms with Crippen LogP contribution in [0.1, 0.15) is 32.3 Å². The largest absolute Gasteiger partial charge is 0.321 e. The number of aromatic nitrogens is 1. The minimum absolute atomic E-state index is 0.117. The van der Waals surface area contributed by atoms with Crippen LogP contribution in [0.5, 0.6) is 0 Å². The second kappa shape index (κ2) is 6.38. The van der Waals surface area contributed by atoms with Crippen LogP contribution in [0.4, 0.5) is 0 Å². The second-order valence-electron chi connectivity index (χ2n) is 4.58. The van der Waals surface area contributed by atoms with Crippen molar-refractivity contribution in [3.05, 3.63) is 30.1 Å². The van der Waals surface area contributed by atoms with Crippen LogP contribution >= 0.6 is 0 Å². The molecule has 0 bridgehead atoms. The summed E-state index contributed by atoms with van der Waals surface area (Å²) >= 11 is 0. The van der Waals surface area contributed by atoms with Crippen LogP contribution in [0.15, 0.2) is 24.5 Å².